The lowest BCUT2D eigenvalue weighted by atomic mass is 9.77. The zero-order chi connectivity index (χ0) is 28.7. The highest BCUT2D eigenvalue weighted by Gasteiger charge is 2.23. The SMILES string of the molecule is CCCCCC1CCC(c2ccc(OC(=O)c3ccc(OCCC[C@H]4CC[C@H](CCCCC)CC4)cc3)cc2)CC1. The van der Waals surface area contributed by atoms with Gasteiger partial charge in [0.15, 0.2) is 0 Å². The molecule has 2 aliphatic rings. The average Bonchev–Trinajstić information content (AvgIpc) is 3.01. The molecule has 0 heterocycles. The molecule has 3 heteroatoms. The lowest BCUT2D eigenvalue weighted by Gasteiger charge is -2.29. The maximum atomic E-state index is 12.7. The summed E-state index contributed by atoms with van der Waals surface area (Å²) in [4.78, 5) is 12.7. The van der Waals surface area contributed by atoms with Gasteiger partial charge < -0.3 is 9.47 Å². The van der Waals surface area contributed by atoms with Crippen LogP contribution in [0.15, 0.2) is 48.5 Å². The molecule has 41 heavy (non-hydrogen) atoms. The Kier molecular flexibility index (Phi) is 13.6. The van der Waals surface area contributed by atoms with Crippen LogP contribution in [0.4, 0.5) is 0 Å². The van der Waals surface area contributed by atoms with Crippen molar-refractivity contribution in [2.75, 3.05) is 6.61 Å². The number of benzene rings is 2. The Hall–Kier alpha value is -2.29. The van der Waals surface area contributed by atoms with Gasteiger partial charge in [-0.2, -0.15) is 0 Å². The lowest BCUT2D eigenvalue weighted by Crippen LogP contribution is -2.15. The standard InChI is InChI=1S/C38H56O3/c1-3-5-7-10-30-13-15-32(16-14-30)12-9-29-40-36-25-23-35(24-26-36)38(39)41-37-27-21-34(22-28-37)33-19-17-31(18-20-33)11-8-6-4-2/h21-28,30-33H,3-20,29H2,1-2H3/t30-,31?,32-,33?. The second kappa shape index (κ2) is 17.6. The molecule has 2 aromatic rings. The lowest BCUT2D eigenvalue weighted by molar-refractivity contribution is 0.0734. The number of unbranched alkanes of at least 4 members (excludes halogenated alkanes) is 4. The number of carbonyl (C=O) groups is 1. The first-order valence-electron chi connectivity index (χ1n) is 17.2. The first-order valence-corrected chi connectivity index (χ1v) is 17.2. The predicted molar refractivity (Wildman–Crippen MR) is 171 cm³/mol. The van der Waals surface area contributed by atoms with E-state index in [1.165, 1.54) is 115 Å². The molecule has 0 atom stereocenters. The Morgan fingerprint density at radius 2 is 1.10 bits per heavy atom. The van der Waals surface area contributed by atoms with Crippen molar-refractivity contribution in [3.05, 3.63) is 59.7 Å². The molecular weight excluding hydrogens is 504 g/mol. The number of carbonyl (C=O) groups excluding carboxylic acids is 1. The third kappa shape index (κ3) is 10.8. The van der Waals surface area contributed by atoms with Crippen molar-refractivity contribution in [2.24, 2.45) is 17.8 Å². The molecule has 0 N–H and O–H groups in total. The second-order valence-corrected chi connectivity index (χ2v) is 13.1. The smallest absolute Gasteiger partial charge is 0.343 e. The second-order valence-electron chi connectivity index (χ2n) is 13.1. The van der Waals surface area contributed by atoms with Gasteiger partial charge in [0.2, 0.25) is 0 Å². The molecule has 0 aromatic heterocycles. The van der Waals surface area contributed by atoms with Crippen LogP contribution in [0.25, 0.3) is 0 Å². The number of esters is 1. The molecule has 0 aliphatic heterocycles. The zero-order valence-corrected chi connectivity index (χ0v) is 26.1. The Morgan fingerprint density at radius 1 is 0.610 bits per heavy atom. The topological polar surface area (TPSA) is 35.5 Å². The summed E-state index contributed by atoms with van der Waals surface area (Å²) in [5, 5.41) is 0. The van der Waals surface area contributed by atoms with Crippen molar-refractivity contribution < 1.29 is 14.3 Å². The maximum Gasteiger partial charge on any atom is 0.343 e. The molecule has 2 fully saturated rings. The van der Waals surface area contributed by atoms with Crippen LogP contribution in [0.3, 0.4) is 0 Å². The largest absolute Gasteiger partial charge is 0.494 e. The fourth-order valence-electron chi connectivity index (χ4n) is 7.18. The van der Waals surface area contributed by atoms with Crippen molar-refractivity contribution in [3.63, 3.8) is 0 Å². The van der Waals surface area contributed by atoms with E-state index >= 15 is 0 Å². The van der Waals surface area contributed by atoms with E-state index in [4.69, 9.17) is 9.47 Å². The van der Waals surface area contributed by atoms with Gasteiger partial charge in [-0.3, -0.25) is 0 Å². The predicted octanol–water partition coefficient (Wildman–Crippen LogP) is 11.3. The van der Waals surface area contributed by atoms with Gasteiger partial charge in [0.05, 0.1) is 12.2 Å². The van der Waals surface area contributed by atoms with Gasteiger partial charge in [-0.15, -0.1) is 0 Å². The minimum Gasteiger partial charge on any atom is -0.494 e. The Bertz CT molecular complexity index is 979. The molecule has 3 nitrogen and oxygen atoms in total. The van der Waals surface area contributed by atoms with Gasteiger partial charge in [0, 0.05) is 0 Å². The highest BCUT2D eigenvalue weighted by atomic mass is 16.5. The monoisotopic (exact) mass is 560 g/mol. The fraction of sp³-hybridized carbons (Fsp3) is 0.658. The summed E-state index contributed by atoms with van der Waals surface area (Å²) in [6, 6.07) is 15.6. The van der Waals surface area contributed by atoms with Crippen molar-refractivity contribution in [1.29, 1.82) is 0 Å². The van der Waals surface area contributed by atoms with Gasteiger partial charge in [-0.05, 0) is 104 Å². The molecule has 0 spiro atoms. The van der Waals surface area contributed by atoms with Gasteiger partial charge in [0.25, 0.3) is 0 Å². The van der Waals surface area contributed by atoms with Gasteiger partial charge in [-0.1, -0.05) is 103 Å². The van der Waals surface area contributed by atoms with Crippen LogP contribution >= 0.6 is 0 Å². The van der Waals surface area contributed by atoms with E-state index in [1.54, 1.807) is 0 Å². The van der Waals surface area contributed by atoms with E-state index in [0.717, 1.165) is 36.5 Å². The highest BCUT2D eigenvalue weighted by Crippen LogP contribution is 2.38. The van der Waals surface area contributed by atoms with E-state index in [1.807, 2.05) is 36.4 Å². The third-order valence-electron chi connectivity index (χ3n) is 9.92. The average molecular weight is 561 g/mol. The highest BCUT2D eigenvalue weighted by molar-refractivity contribution is 5.91. The van der Waals surface area contributed by atoms with E-state index < -0.39 is 0 Å². The van der Waals surface area contributed by atoms with Gasteiger partial charge in [0.1, 0.15) is 11.5 Å². The summed E-state index contributed by atoms with van der Waals surface area (Å²) >= 11 is 0. The molecule has 2 aliphatic carbocycles. The summed E-state index contributed by atoms with van der Waals surface area (Å²) in [5.41, 5.74) is 1.94. The summed E-state index contributed by atoms with van der Waals surface area (Å²) in [7, 11) is 0. The third-order valence-corrected chi connectivity index (χ3v) is 9.92. The van der Waals surface area contributed by atoms with Crippen LogP contribution in [-0.2, 0) is 0 Å². The van der Waals surface area contributed by atoms with Crippen LogP contribution in [0, 0.1) is 17.8 Å². The molecule has 0 unspecified atom stereocenters. The number of rotatable bonds is 16. The minimum atomic E-state index is -0.317. The molecule has 4 rings (SSSR count). The van der Waals surface area contributed by atoms with Crippen LogP contribution in [0.5, 0.6) is 11.5 Å². The molecule has 226 valence electrons. The molecule has 0 radical (unpaired) electrons. The van der Waals surface area contributed by atoms with Crippen molar-refractivity contribution in [1.82, 2.24) is 0 Å². The van der Waals surface area contributed by atoms with E-state index in [-0.39, 0.29) is 5.97 Å². The molecular formula is C38H56O3. The fourth-order valence-corrected chi connectivity index (χ4v) is 7.18. The maximum absolute atomic E-state index is 12.7. The summed E-state index contributed by atoms with van der Waals surface area (Å²) in [6.45, 7) is 5.32. The normalized spacial score (nSPS) is 22.8. The van der Waals surface area contributed by atoms with Crippen LogP contribution < -0.4 is 9.47 Å². The number of ether oxygens (including phenoxy) is 2. The molecule has 2 saturated carbocycles. The first-order chi connectivity index (χ1) is 20.1. The first kappa shape index (κ1) is 31.6. The number of hydrogen-bond acceptors (Lipinski definition) is 3. The van der Waals surface area contributed by atoms with Crippen molar-refractivity contribution >= 4 is 5.97 Å². The quantitative estimate of drug-likeness (QED) is 0.116. The Labute approximate surface area is 250 Å². The Balaban J connectivity index is 1.11. The van der Waals surface area contributed by atoms with Crippen LogP contribution in [-0.4, -0.2) is 12.6 Å². The molecule has 2 aromatic carbocycles. The van der Waals surface area contributed by atoms with Gasteiger partial charge in [-0.25, -0.2) is 4.79 Å². The molecule has 0 saturated heterocycles. The Morgan fingerprint density at radius 3 is 1.63 bits per heavy atom. The van der Waals surface area contributed by atoms with E-state index in [0.29, 0.717) is 17.2 Å². The summed E-state index contributed by atoms with van der Waals surface area (Å²) < 4.78 is 11.7. The van der Waals surface area contributed by atoms with E-state index in [9.17, 15) is 4.79 Å². The number of hydrogen-bond donors (Lipinski definition) is 0. The molecule has 0 amide bonds. The van der Waals surface area contributed by atoms with Crippen LogP contribution in [0.2, 0.25) is 0 Å². The van der Waals surface area contributed by atoms with Gasteiger partial charge >= 0.3 is 5.97 Å². The summed E-state index contributed by atoms with van der Waals surface area (Å²) in [5.74, 6) is 4.54. The minimum absolute atomic E-state index is 0.317. The van der Waals surface area contributed by atoms with Crippen molar-refractivity contribution in [3.8, 4) is 11.5 Å². The van der Waals surface area contributed by atoms with Crippen molar-refractivity contribution in [2.45, 2.75) is 135 Å². The summed E-state index contributed by atoms with van der Waals surface area (Å²) in [6.07, 6.45) is 24.4. The van der Waals surface area contributed by atoms with E-state index in [2.05, 4.69) is 26.0 Å². The van der Waals surface area contributed by atoms with Crippen LogP contribution in [0.1, 0.15) is 151 Å². The zero-order valence-electron chi connectivity index (χ0n) is 26.1. The molecule has 0 bridgehead atoms.